The van der Waals surface area contributed by atoms with E-state index in [1.165, 1.54) is 33.0 Å². The van der Waals surface area contributed by atoms with Gasteiger partial charge in [0.1, 0.15) is 19.0 Å². The predicted octanol–water partition coefficient (Wildman–Crippen LogP) is 4.54. The van der Waals surface area contributed by atoms with Gasteiger partial charge in [0.05, 0.1) is 47.2 Å². The second-order valence-electron chi connectivity index (χ2n) is 14.9. The zero-order valence-electron chi connectivity index (χ0n) is 34.7. The van der Waals surface area contributed by atoms with Gasteiger partial charge in [-0.25, -0.2) is 19.3 Å². The number of ether oxygens (including phenoxy) is 2. The lowest BCUT2D eigenvalue weighted by atomic mass is 10.0. The number of amides is 4. The van der Waals surface area contributed by atoms with Crippen LogP contribution in [0.4, 0.5) is 14.9 Å². The van der Waals surface area contributed by atoms with E-state index < -0.39 is 23.7 Å². The highest BCUT2D eigenvalue weighted by molar-refractivity contribution is 5.98. The van der Waals surface area contributed by atoms with Gasteiger partial charge in [-0.2, -0.15) is 10.4 Å². The number of carbonyl (C=O) groups excluding carboxylic acids is 4. The molecule has 4 aromatic carbocycles. The van der Waals surface area contributed by atoms with Gasteiger partial charge in [0.15, 0.2) is 5.69 Å². The van der Waals surface area contributed by atoms with E-state index in [0.717, 1.165) is 11.1 Å². The molecule has 0 saturated carbocycles. The number of aromatic nitrogens is 3. The Bertz CT molecular complexity index is 2770. The molecule has 3 heterocycles. The lowest BCUT2D eigenvalue weighted by Crippen LogP contribution is -2.53. The van der Waals surface area contributed by atoms with E-state index >= 15 is 4.39 Å². The Kier molecular flexibility index (Phi) is 14.3. The maximum atomic E-state index is 15.1. The highest BCUT2D eigenvalue weighted by atomic mass is 19.1. The van der Waals surface area contributed by atoms with Crippen molar-refractivity contribution in [1.29, 1.82) is 5.26 Å². The number of nitrogens with two attached hydrogens (primary N) is 1. The lowest BCUT2D eigenvalue weighted by molar-refractivity contribution is -0.133. The summed E-state index contributed by atoms with van der Waals surface area (Å²) >= 11 is 0. The van der Waals surface area contributed by atoms with Gasteiger partial charge in [-0.1, -0.05) is 66.7 Å². The number of piperazine rings is 1. The standard InChI is InChI=1S/C47H44FN9O7/c48-39-14-13-32(25-41-36-11-4-5-12-37(36)44(59)54-53-41)24-38(39)46(61)56-18-16-55(17-19-56)42(58)29-57(47(62)64-30-31-7-2-1-3-8-31)20-22-63-21-15-51-45(60)43-40(50)26-35(28-52-43)34-10-6-9-33(23-34)27-49/h1-14,23-24,26,28H,15-22,25,29-30,50H2,(H,51,60)(H,54,59). The molecule has 1 saturated heterocycles. The number of nitriles is 1. The molecule has 1 aliphatic heterocycles. The van der Waals surface area contributed by atoms with E-state index in [2.05, 4.69) is 26.6 Å². The largest absolute Gasteiger partial charge is 0.445 e. The average Bonchev–Trinajstić information content (AvgIpc) is 3.33. The summed E-state index contributed by atoms with van der Waals surface area (Å²) in [5.41, 5.74) is 9.73. The summed E-state index contributed by atoms with van der Waals surface area (Å²) < 4.78 is 26.4. The molecule has 4 amide bonds. The molecule has 17 heteroatoms. The van der Waals surface area contributed by atoms with Crippen molar-refractivity contribution in [2.45, 2.75) is 13.0 Å². The van der Waals surface area contributed by atoms with Gasteiger partial charge in [-0.15, -0.1) is 0 Å². The predicted molar refractivity (Wildman–Crippen MR) is 234 cm³/mol. The van der Waals surface area contributed by atoms with Crippen molar-refractivity contribution in [2.24, 2.45) is 0 Å². The first-order valence-electron chi connectivity index (χ1n) is 20.5. The summed E-state index contributed by atoms with van der Waals surface area (Å²) in [6.45, 7) is 0.417. The third-order valence-corrected chi connectivity index (χ3v) is 10.6. The summed E-state index contributed by atoms with van der Waals surface area (Å²) in [5.74, 6) is -2.10. The molecule has 64 heavy (non-hydrogen) atoms. The van der Waals surface area contributed by atoms with E-state index in [1.54, 1.807) is 66.7 Å². The maximum absolute atomic E-state index is 15.1. The van der Waals surface area contributed by atoms with E-state index in [9.17, 15) is 29.2 Å². The lowest BCUT2D eigenvalue weighted by Gasteiger charge is -2.36. The van der Waals surface area contributed by atoms with Crippen molar-refractivity contribution in [3.05, 3.63) is 159 Å². The molecule has 16 nitrogen and oxygen atoms in total. The van der Waals surface area contributed by atoms with Crippen molar-refractivity contribution >= 4 is 40.3 Å². The number of nitrogens with one attached hydrogen (secondary N) is 2. The smallest absolute Gasteiger partial charge is 0.410 e. The third kappa shape index (κ3) is 10.9. The number of H-pyrrole nitrogens is 1. The fraction of sp³-hybridized carbons (Fsp3) is 0.234. The summed E-state index contributed by atoms with van der Waals surface area (Å²) in [7, 11) is 0. The summed E-state index contributed by atoms with van der Waals surface area (Å²) in [4.78, 5) is 74.1. The van der Waals surface area contributed by atoms with Crippen molar-refractivity contribution in [2.75, 3.05) is 64.8 Å². The van der Waals surface area contributed by atoms with Gasteiger partial charge in [0.25, 0.3) is 17.4 Å². The molecule has 0 unspecified atom stereocenters. The molecular weight excluding hydrogens is 822 g/mol. The molecule has 1 fully saturated rings. The minimum Gasteiger partial charge on any atom is -0.445 e. The molecule has 4 N–H and O–H groups in total. The van der Waals surface area contributed by atoms with E-state index in [0.29, 0.717) is 33.2 Å². The first kappa shape index (κ1) is 44.1. The number of hydrogen-bond donors (Lipinski definition) is 3. The minimum absolute atomic E-state index is 0.00524. The molecular formula is C47H44FN9O7. The Morgan fingerprint density at radius 1 is 0.859 bits per heavy atom. The van der Waals surface area contributed by atoms with Crippen LogP contribution in [0, 0.1) is 17.1 Å². The van der Waals surface area contributed by atoms with Crippen LogP contribution in [0.5, 0.6) is 0 Å². The Morgan fingerprint density at radius 2 is 1.61 bits per heavy atom. The third-order valence-electron chi connectivity index (χ3n) is 10.6. The monoisotopic (exact) mass is 865 g/mol. The van der Waals surface area contributed by atoms with E-state index in [1.807, 2.05) is 24.3 Å². The first-order valence-corrected chi connectivity index (χ1v) is 20.5. The number of rotatable bonds is 15. The number of carbonyl (C=O) groups is 4. The molecule has 326 valence electrons. The number of fused-ring (bicyclic) bond motifs is 1. The van der Waals surface area contributed by atoms with Gasteiger partial charge < -0.3 is 30.3 Å². The Balaban J connectivity index is 0.907. The fourth-order valence-corrected chi connectivity index (χ4v) is 7.18. The summed E-state index contributed by atoms with van der Waals surface area (Å²) in [5, 5.41) is 19.7. The molecule has 7 rings (SSSR count). The molecule has 2 aromatic heterocycles. The van der Waals surface area contributed by atoms with Crippen LogP contribution in [0.1, 0.15) is 43.2 Å². The molecule has 0 bridgehead atoms. The molecule has 0 atom stereocenters. The first-order chi connectivity index (χ1) is 31.1. The SMILES string of the molecule is N#Cc1cccc(-c2cnc(C(=O)NCCOCCN(CC(=O)N3CCN(C(=O)c4cc(Cc5n[nH]c(=O)c6ccccc56)ccc4F)CC3)C(=O)OCc3ccccc3)c(N)c2)c1. The average molecular weight is 866 g/mol. The van der Waals surface area contributed by atoms with Crippen molar-refractivity contribution in [3.8, 4) is 17.2 Å². The summed E-state index contributed by atoms with van der Waals surface area (Å²) in [6.07, 6.45) is 1.02. The number of nitrogen functional groups attached to an aromatic ring is 1. The van der Waals surface area contributed by atoms with Gasteiger partial charge in [-0.05, 0) is 53.1 Å². The Labute approximate surface area is 367 Å². The molecule has 0 aliphatic carbocycles. The van der Waals surface area contributed by atoms with Crippen LogP contribution in [0.15, 0.2) is 114 Å². The maximum Gasteiger partial charge on any atom is 0.410 e. The Hall–Kier alpha value is -7.97. The molecule has 0 radical (unpaired) electrons. The topological polar surface area (TPSA) is 217 Å². The van der Waals surface area contributed by atoms with Crippen molar-refractivity contribution in [1.82, 2.24) is 35.2 Å². The highest BCUT2D eigenvalue weighted by Gasteiger charge is 2.29. The number of aromatic amines is 1. The van der Waals surface area contributed by atoms with Crippen molar-refractivity contribution < 1.29 is 33.0 Å². The van der Waals surface area contributed by atoms with Crippen LogP contribution in [0.25, 0.3) is 21.9 Å². The van der Waals surface area contributed by atoms with E-state index in [-0.39, 0.29) is 100 Å². The van der Waals surface area contributed by atoms with Crippen LogP contribution in [-0.2, 0) is 27.3 Å². The van der Waals surface area contributed by atoms with Crippen LogP contribution in [-0.4, -0.2) is 113 Å². The fourth-order valence-electron chi connectivity index (χ4n) is 7.18. The quantitative estimate of drug-likeness (QED) is 0.122. The number of hydrogen-bond acceptors (Lipinski definition) is 11. The van der Waals surface area contributed by atoms with Crippen LogP contribution in [0.3, 0.4) is 0 Å². The Morgan fingerprint density at radius 3 is 2.38 bits per heavy atom. The second kappa shape index (κ2) is 20.7. The van der Waals surface area contributed by atoms with E-state index in [4.69, 9.17) is 15.2 Å². The van der Waals surface area contributed by atoms with Crippen LogP contribution >= 0.6 is 0 Å². The number of benzene rings is 4. The van der Waals surface area contributed by atoms with Gasteiger partial charge >= 0.3 is 6.09 Å². The number of anilines is 1. The molecule has 1 aliphatic rings. The number of nitrogens with zero attached hydrogens (tertiary/aromatic N) is 6. The zero-order valence-corrected chi connectivity index (χ0v) is 34.7. The van der Waals surface area contributed by atoms with Gasteiger partial charge in [0.2, 0.25) is 5.91 Å². The molecule has 0 spiro atoms. The second-order valence-corrected chi connectivity index (χ2v) is 14.9. The molecule has 6 aromatic rings. The normalized spacial score (nSPS) is 12.4. The number of pyridine rings is 1. The van der Waals surface area contributed by atoms with Crippen LogP contribution in [0.2, 0.25) is 0 Å². The minimum atomic E-state index is -0.729. The zero-order chi connectivity index (χ0) is 45.0. The number of halogens is 1. The van der Waals surface area contributed by atoms with Crippen LogP contribution < -0.4 is 16.6 Å². The van der Waals surface area contributed by atoms with Crippen molar-refractivity contribution in [3.63, 3.8) is 0 Å². The van der Waals surface area contributed by atoms with Gasteiger partial charge in [-0.3, -0.25) is 24.1 Å². The highest BCUT2D eigenvalue weighted by Crippen LogP contribution is 2.24. The summed E-state index contributed by atoms with van der Waals surface area (Å²) in [6, 6.07) is 31.0. The van der Waals surface area contributed by atoms with Gasteiger partial charge in [0, 0.05) is 62.8 Å².